The van der Waals surface area contributed by atoms with Crippen LogP contribution in [0, 0.1) is 13.8 Å². The van der Waals surface area contributed by atoms with Gasteiger partial charge in [-0.05, 0) is 27.7 Å². The largest absolute Gasteiger partial charge is 0.480 e. The van der Waals surface area contributed by atoms with Crippen molar-refractivity contribution in [3.63, 3.8) is 0 Å². The summed E-state index contributed by atoms with van der Waals surface area (Å²) < 4.78 is 1.95. The summed E-state index contributed by atoms with van der Waals surface area (Å²) >= 11 is 0. The number of nitrogens with zero attached hydrogens (tertiary/aromatic N) is 3. The fraction of sp³-hybridized carbons (Fsp3) is 0.571. The molecule has 5 nitrogen and oxygen atoms in total. The van der Waals surface area contributed by atoms with Gasteiger partial charge < -0.3 is 5.11 Å². The predicted molar refractivity (Wildman–Crippen MR) is 75.2 cm³/mol. The van der Waals surface area contributed by atoms with Gasteiger partial charge in [-0.15, -0.1) is 6.58 Å². The number of aliphatic carboxylic acids is 1. The molecule has 0 aromatic carbocycles. The molecule has 106 valence electrons. The molecule has 0 saturated heterocycles. The van der Waals surface area contributed by atoms with E-state index in [9.17, 15) is 4.79 Å². The second kappa shape index (κ2) is 6.52. The van der Waals surface area contributed by atoms with E-state index in [0.29, 0.717) is 6.54 Å². The third-order valence-corrected chi connectivity index (χ3v) is 3.40. The Labute approximate surface area is 114 Å². The molecule has 0 aliphatic rings. The van der Waals surface area contributed by atoms with Gasteiger partial charge in [0.15, 0.2) is 0 Å². The molecular formula is C14H23N3O2. The van der Waals surface area contributed by atoms with Crippen molar-refractivity contribution in [2.24, 2.45) is 0 Å². The predicted octanol–water partition coefficient (Wildman–Crippen LogP) is 2.15. The fourth-order valence-electron chi connectivity index (χ4n) is 2.50. The topological polar surface area (TPSA) is 58.4 Å². The molecule has 0 spiro atoms. The van der Waals surface area contributed by atoms with Crippen LogP contribution in [0.2, 0.25) is 0 Å². The van der Waals surface area contributed by atoms with E-state index in [2.05, 4.69) is 11.7 Å². The van der Waals surface area contributed by atoms with Gasteiger partial charge in [0.1, 0.15) is 0 Å². The summed E-state index contributed by atoms with van der Waals surface area (Å²) in [5, 5.41) is 13.5. The van der Waals surface area contributed by atoms with Crippen LogP contribution in [-0.4, -0.2) is 38.8 Å². The van der Waals surface area contributed by atoms with E-state index >= 15 is 0 Å². The second-order valence-corrected chi connectivity index (χ2v) is 4.69. The Kier molecular flexibility index (Phi) is 5.30. The lowest BCUT2D eigenvalue weighted by Gasteiger charge is -2.26. The van der Waals surface area contributed by atoms with Crippen molar-refractivity contribution in [3.8, 4) is 0 Å². The van der Waals surface area contributed by atoms with Crippen LogP contribution in [0.5, 0.6) is 0 Å². The zero-order valence-corrected chi connectivity index (χ0v) is 12.2. The Morgan fingerprint density at radius 2 is 2.21 bits per heavy atom. The van der Waals surface area contributed by atoms with E-state index < -0.39 is 5.97 Å². The second-order valence-electron chi connectivity index (χ2n) is 4.69. The van der Waals surface area contributed by atoms with Crippen LogP contribution < -0.4 is 0 Å². The minimum absolute atomic E-state index is 0.00334. The van der Waals surface area contributed by atoms with Gasteiger partial charge in [-0.1, -0.05) is 6.08 Å². The molecule has 19 heavy (non-hydrogen) atoms. The van der Waals surface area contributed by atoms with Crippen LogP contribution in [0.4, 0.5) is 0 Å². The van der Waals surface area contributed by atoms with Gasteiger partial charge in [0.25, 0.3) is 0 Å². The Balaban J connectivity index is 3.08. The third-order valence-electron chi connectivity index (χ3n) is 3.40. The summed E-state index contributed by atoms with van der Waals surface area (Å²) in [4.78, 5) is 12.8. The number of hydrogen-bond donors (Lipinski definition) is 1. The molecule has 5 heteroatoms. The lowest BCUT2D eigenvalue weighted by atomic mass is 10.0. The zero-order valence-electron chi connectivity index (χ0n) is 12.2. The maximum Gasteiger partial charge on any atom is 0.317 e. The molecule has 0 aliphatic heterocycles. The molecule has 1 aromatic heterocycles. The van der Waals surface area contributed by atoms with Crippen molar-refractivity contribution < 1.29 is 9.90 Å². The molecule has 0 bridgehead atoms. The van der Waals surface area contributed by atoms with Crippen molar-refractivity contribution in [3.05, 3.63) is 29.6 Å². The SMILES string of the molecule is C=CCN(CC(=O)O)C(C)c1c(C)nn(CC)c1C. The first kappa shape index (κ1) is 15.4. The molecule has 0 aliphatic carbocycles. The maximum atomic E-state index is 11.0. The van der Waals surface area contributed by atoms with E-state index in [1.165, 1.54) is 0 Å². The first-order valence-electron chi connectivity index (χ1n) is 6.53. The van der Waals surface area contributed by atoms with Gasteiger partial charge in [0, 0.05) is 30.4 Å². The minimum atomic E-state index is -0.827. The highest BCUT2D eigenvalue weighted by molar-refractivity contribution is 5.69. The highest BCUT2D eigenvalue weighted by Crippen LogP contribution is 2.26. The molecule has 1 heterocycles. The monoisotopic (exact) mass is 265 g/mol. The van der Waals surface area contributed by atoms with E-state index in [0.717, 1.165) is 23.5 Å². The Morgan fingerprint density at radius 3 is 2.63 bits per heavy atom. The lowest BCUT2D eigenvalue weighted by Crippen LogP contribution is -2.33. The molecular weight excluding hydrogens is 242 g/mol. The van der Waals surface area contributed by atoms with Crippen molar-refractivity contribution in [1.82, 2.24) is 14.7 Å². The summed E-state index contributed by atoms with van der Waals surface area (Å²) in [7, 11) is 0. The number of carbonyl (C=O) groups is 1. The first-order chi connectivity index (χ1) is 8.92. The smallest absolute Gasteiger partial charge is 0.317 e. The molecule has 1 N–H and O–H groups in total. The summed E-state index contributed by atoms with van der Waals surface area (Å²) in [6, 6.07) is 0.00870. The van der Waals surface area contributed by atoms with Crippen molar-refractivity contribution >= 4 is 5.97 Å². The van der Waals surface area contributed by atoms with Gasteiger partial charge in [0.2, 0.25) is 0 Å². The fourth-order valence-corrected chi connectivity index (χ4v) is 2.50. The normalized spacial score (nSPS) is 12.7. The number of hydrogen-bond acceptors (Lipinski definition) is 3. The van der Waals surface area contributed by atoms with Gasteiger partial charge in [-0.3, -0.25) is 14.4 Å². The first-order valence-corrected chi connectivity index (χ1v) is 6.53. The van der Waals surface area contributed by atoms with E-state index in [1.807, 2.05) is 37.3 Å². The standard InChI is InChI=1S/C14H23N3O2/c1-6-8-16(9-13(18)19)11(4)14-10(3)15-17(7-2)12(14)5/h6,11H,1,7-9H2,2-5H3,(H,18,19). The Morgan fingerprint density at radius 1 is 1.58 bits per heavy atom. The molecule has 1 atom stereocenters. The van der Waals surface area contributed by atoms with Crippen molar-refractivity contribution in [1.29, 1.82) is 0 Å². The molecule has 0 radical (unpaired) electrons. The molecule has 0 fully saturated rings. The van der Waals surface area contributed by atoms with Crippen LogP contribution in [0.3, 0.4) is 0 Å². The van der Waals surface area contributed by atoms with Gasteiger partial charge in [-0.25, -0.2) is 0 Å². The Bertz CT molecular complexity index is 466. The Hall–Kier alpha value is -1.62. The molecule has 0 saturated carbocycles. The van der Waals surface area contributed by atoms with Crippen molar-refractivity contribution in [2.75, 3.05) is 13.1 Å². The number of carboxylic acid groups (broad SMARTS) is 1. The number of carboxylic acids is 1. The molecule has 1 aromatic rings. The van der Waals surface area contributed by atoms with Crippen LogP contribution >= 0.6 is 0 Å². The number of aryl methyl sites for hydroxylation is 2. The molecule has 0 amide bonds. The minimum Gasteiger partial charge on any atom is -0.480 e. The van der Waals surface area contributed by atoms with Crippen LogP contribution in [-0.2, 0) is 11.3 Å². The molecule has 1 unspecified atom stereocenters. The van der Waals surface area contributed by atoms with Gasteiger partial charge in [0.05, 0.1) is 12.2 Å². The number of rotatable bonds is 7. The quantitative estimate of drug-likeness (QED) is 0.767. The van der Waals surface area contributed by atoms with E-state index in [4.69, 9.17) is 5.11 Å². The summed E-state index contributed by atoms with van der Waals surface area (Å²) in [6.45, 7) is 13.1. The molecule has 1 rings (SSSR count). The van der Waals surface area contributed by atoms with Crippen molar-refractivity contribution in [2.45, 2.75) is 40.3 Å². The average Bonchev–Trinajstić information content (AvgIpc) is 2.62. The van der Waals surface area contributed by atoms with E-state index in [1.54, 1.807) is 6.08 Å². The van der Waals surface area contributed by atoms with Crippen LogP contribution in [0.15, 0.2) is 12.7 Å². The van der Waals surface area contributed by atoms with Crippen LogP contribution in [0.25, 0.3) is 0 Å². The maximum absolute atomic E-state index is 11.0. The highest BCUT2D eigenvalue weighted by Gasteiger charge is 2.23. The van der Waals surface area contributed by atoms with E-state index in [-0.39, 0.29) is 12.6 Å². The average molecular weight is 265 g/mol. The van der Waals surface area contributed by atoms with Gasteiger partial charge in [-0.2, -0.15) is 5.10 Å². The summed E-state index contributed by atoms with van der Waals surface area (Å²) in [6.07, 6.45) is 1.73. The van der Waals surface area contributed by atoms with Crippen LogP contribution in [0.1, 0.15) is 36.8 Å². The summed E-state index contributed by atoms with van der Waals surface area (Å²) in [5.41, 5.74) is 3.18. The highest BCUT2D eigenvalue weighted by atomic mass is 16.4. The zero-order chi connectivity index (χ0) is 14.6. The number of aromatic nitrogens is 2. The third kappa shape index (κ3) is 3.44. The lowest BCUT2D eigenvalue weighted by molar-refractivity contribution is -0.138. The van der Waals surface area contributed by atoms with Gasteiger partial charge >= 0.3 is 5.97 Å². The summed E-state index contributed by atoms with van der Waals surface area (Å²) in [5.74, 6) is -0.827.